The van der Waals surface area contributed by atoms with E-state index >= 15 is 0 Å². The van der Waals surface area contributed by atoms with Gasteiger partial charge in [0.05, 0.1) is 13.3 Å². The summed E-state index contributed by atoms with van der Waals surface area (Å²) in [5.41, 5.74) is 6.13. The van der Waals surface area contributed by atoms with E-state index in [2.05, 4.69) is 45.8 Å². The number of benzene rings is 3. The van der Waals surface area contributed by atoms with Crippen molar-refractivity contribution in [2.75, 3.05) is 20.2 Å². The third kappa shape index (κ3) is 6.23. The maximum atomic E-state index is 12.4. The van der Waals surface area contributed by atoms with Gasteiger partial charge in [0.1, 0.15) is 0 Å². The van der Waals surface area contributed by atoms with Crippen molar-refractivity contribution in [2.45, 2.75) is 25.8 Å². The molecule has 3 aromatic carbocycles. The predicted octanol–water partition coefficient (Wildman–Crippen LogP) is 4.62. The molecular weight excluding hydrogens is 426 g/mol. The van der Waals surface area contributed by atoms with Crippen LogP contribution in [0.15, 0.2) is 77.9 Å². The first-order valence-corrected chi connectivity index (χ1v) is 11.7. The predicted molar refractivity (Wildman–Crippen MR) is 134 cm³/mol. The van der Waals surface area contributed by atoms with E-state index in [1.54, 1.807) is 18.2 Å². The van der Waals surface area contributed by atoms with E-state index in [9.17, 15) is 9.90 Å². The summed E-state index contributed by atoms with van der Waals surface area (Å²) in [6.07, 6.45) is 5.00. The standard InChI is InChI=1S/C28H31N3O3/c1-34-26-9-5-8-25(27(26)32)19-29-30-28(33)24-12-10-23(11-13-24)20-31-16-14-22(15-17-31)18-21-6-3-2-4-7-21/h2-13,19,22,32H,14-18,20H2,1H3,(H,30,33)/b29-19-. The highest BCUT2D eigenvalue weighted by Crippen LogP contribution is 2.28. The van der Waals surface area contributed by atoms with Gasteiger partial charge >= 0.3 is 0 Å². The summed E-state index contributed by atoms with van der Waals surface area (Å²) >= 11 is 0. The minimum absolute atomic E-state index is 0.0172. The Balaban J connectivity index is 1.24. The molecule has 6 heteroatoms. The highest BCUT2D eigenvalue weighted by Gasteiger charge is 2.19. The molecule has 0 saturated carbocycles. The first-order valence-electron chi connectivity index (χ1n) is 11.7. The number of nitrogens with one attached hydrogen (secondary N) is 1. The van der Waals surface area contributed by atoms with Gasteiger partial charge in [0.15, 0.2) is 11.5 Å². The van der Waals surface area contributed by atoms with Crippen molar-refractivity contribution in [3.8, 4) is 11.5 Å². The van der Waals surface area contributed by atoms with Crippen LogP contribution in [-0.2, 0) is 13.0 Å². The first kappa shape index (κ1) is 23.5. The molecule has 2 N–H and O–H groups in total. The highest BCUT2D eigenvalue weighted by molar-refractivity contribution is 5.95. The molecule has 3 aromatic rings. The van der Waals surface area contributed by atoms with E-state index < -0.39 is 0 Å². The van der Waals surface area contributed by atoms with Gasteiger partial charge in [-0.2, -0.15) is 5.10 Å². The second-order valence-electron chi connectivity index (χ2n) is 8.70. The van der Waals surface area contributed by atoms with Gasteiger partial charge in [0, 0.05) is 17.7 Å². The van der Waals surface area contributed by atoms with Crippen LogP contribution in [0, 0.1) is 5.92 Å². The Labute approximate surface area is 200 Å². The number of ether oxygens (including phenoxy) is 1. The second kappa shape index (κ2) is 11.5. The monoisotopic (exact) mass is 457 g/mol. The van der Waals surface area contributed by atoms with Crippen LogP contribution in [0.25, 0.3) is 0 Å². The van der Waals surface area contributed by atoms with Crippen LogP contribution in [-0.4, -0.2) is 42.3 Å². The molecule has 0 unspecified atom stereocenters. The Morgan fingerprint density at radius 2 is 1.76 bits per heavy atom. The fourth-order valence-electron chi connectivity index (χ4n) is 4.35. The number of amides is 1. The van der Waals surface area contributed by atoms with Crippen molar-refractivity contribution in [3.05, 3.63) is 95.1 Å². The fraction of sp³-hybridized carbons (Fsp3) is 0.286. The number of piperidine rings is 1. The number of hydrogen-bond donors (Lipinski definition) is 2. The number of nitrogens with zero attached hydrogens (tertiary/aromatic N) is 2. The SMILES string of the molecule is COc1cccc(/C=N\NC(=O)c2ccc(CN3CCC(Cc4ccccc4)CC3)cc2)c1O. The van der Waals surface area contributed by atoms with Crippen LogP contribution >= 0.6 is 0 Å². The van der Waals surface area contributed by atoms with E-state index in [4.69, 9.17) is 4.74 Å². The molecule has 0 aromatic heterocycles. The smallest absolute Gasteiger partial charge is 0.271 e. The van der Waals surface area contributed by atoms with Crippen LogP contribution in [0.3, 0.4) is 0 Å². The summed E-state index contributed by atoms with van der Waals surface area (Å²) in [4.78, 5) is 14.9. The number of carbonyl (C=O) groups excluding carboxylic acids is 1. The van der Waals surface area contributed by atoms with Gasteiger partial charge in [-0.15, -0.1) is 0 Å². The molecule has 1 aliphatic heterocycles. The first-order chi connectivity index (χ1) is 16.6. The molecule has 4 rings (SSSR count). The van der Waals surface area contributed by atoms with Crippen molar-refractivity contribution >= 4 is 12.1 Å². The topological polar surface area (TPSA) is 74.2 Å². The van der Waals surface area contributed by atoms with Crippen molar-refractivity contribution < 1.29 is 14.6 Å². The quantitative estimate of drug-likeness (QED) is 0.382. The Morgan fingerprint density at radius 3 is 2.47 bits per heavy atom. The number of phenols is 1. The van der Waals surface area contributed by atoms with Gasteiger partial charge in [0.2, 0.25) is 0 Å². The average molecular weight is 458 g/mol. The molecular formula is C28H31N3O3. The molecule has 1 aliphatic rings. The van der Waals surface area contributed by atoms with Crippen LogP contribution in [0.5, 0.6) is 11.5 Å². The van der Waals surface area contributed by atoms with Gasteiger partial charge in [-0.25, -0.2) is 5.43 Å². The van der Waals surface area contributed by atoms with E-state index in [1.165, 1.54) is 43.7 Å². The molecule has 0 radical (unpaired) electrons. The number of carbonyl (C=O) groups is 1. The van der Waals surface area contributed by atoms with Crippen molar-refractivity contribution in [3.63, 3.8) is 0 Å². The zero-order valence-corrected chi connectivity index (χ0v) is 19.5. The molecule has 0 bridgehead atoms. The third-order valence-corrected chi connectivity index (χ3v) is 6.32. The van der Waals surface area contributed by atoms with Gasteiger partial charge in [-0.3, -0.25) is 9.69 Å². The summed E-state index contributed by atoms with van der Waals surface area (Å²) in [5.74, 6) is 0.791. The van der Waals surface area contributed by atoms with Crippen molar-refractivity contribution in [1.82, 2.24) is 10.3 Å². The van der Waals surface area contributed by atoms with Crippen LogP contribution in [0.4, 0.5) is 0 Å². The maximum Gasteiger partial charge on any atom is 0.271 e. The molecule has 0 aliphatic carbocycles. The van der Waals surface area contributed by atoms with E-state index in [0.29, 0.717) is 16.9 Å². The van der Waals surface area contributed by atoms with E-state index in [0.717, 1.165) is 25.6 Å². The molecule has 176 valence electrons. The number of aromatic hydroxyl groups is 1. The largest absolute Gasteiger partial charge is 0.504 e. The molecule has 0 spiro atoms. The van der Waals surface area contributed by atoms with Gasteiger partial charge in [-0.1, -0.05) is 48.5 Å². The average Bonchev–Trinajstić information content (AvgIpc) is 2.87. The molecule has 0 atom stereocenters. The Bertz CT molecular complexity index is 1110. The Kier molecular flexibility index (Phi) is 7.94. The molecule has 1 saturated heterocycles. The lowest BCUT2D eigenvalue weighted by atomic mass is 9.90. The molecule has 6 nitrogen and oxygen atoms in total. The zero-order valence-electron chi connectivity index (χ0n) is 19.5. The van der Waals surface area contributed by atoms with E-state index in [1.807, 2.05) is 24.3 Å². The second-order valence-corrected chi connectivity index (χ2v) is 8.70. The number of phenolic OH excluding ortho intramolecular Hbond substituents is 1. The summed E-state index contributed by atoms with van der Waals surface area (Å²) in [6.45, 7) is 3.10. The Hall–Kier alpha value is -3.64. The van der Waals surface area contributed by atoms with Crippen molar-refractivity contribution in [2.24, 2.45) is 11.0 Å². The van der Waals surface area contributed by atoms with Gasteiger partial charge < -0.3 is 9.84 Å². The highest BCUT2D eigenvalue weighted by atomic mass is 16.5. The number of likely N-dealkylation sites (tertiary alicyclic amines) is 1. The van der Waals surface area contributed by atoms with Crippen molar-refractivity contribution in [1.29, 1.82) is 0 Å². The minimum Gasteiger partial charge on any atom is -0.504 e. The van der Waals surface area contributed by atoms with Crippen LogP contribution in [0.2, 0.25) is 0 Å². The number of methoxy groups -OCH3 is 1. The minimum atomic E-state index is -0.299. The molecule has 34 heavy (non-hydrogen) atoms. The summed E-state index contributed by atoms with van der Waals surface area (Å²) < 4.78 is 5.07. The van der Waals surface area contributed by atoms with Crippen LogP contribution in [0.1, 0.15) is 39.9 Å². The van der Waals surface area contributed by atoms with Crippen LogP contribution < -0.4 is 10.2 Å². The van der Waals surface area contributed by atoms with Gasteiger partial charge in [-0.05, 0) is 73.7 Å². The zero-order chi connectivity index (χ0) is 23.8. The Morgan fingerprint density at radius 1 is 1.03 bits per heavy atom. The summed E-state index contributed by atoms with van der Waals surface area (Å²) in [7, 11) is 1.48. The normalized spacial score (nSPS) is 14.9. The number of hydrazone groups is 1. The summed E-state index contributed by atoms with van der Waals surface area (Å²) in [6, 6.07) is 23.5. The molecule has 1 heterocycles. The lowest BCUT2D eigenvalue weighted by molar-refractivity contribution is 0.0955. The summed E-state index contributed by atoms with van der Waals surface area (Å²) in [5, 5.41) is 14.0. The van der Waals surface area contributed by atoms with E-state index in [-0.39, 0.29) is 11.7 Å². The fourth-order valence-corrected chi connectivity index (χ4v) is 4.35. The number of para-hydroxylation sites is 1. The molecule has 1 amide bonds. The molecule has 1 fully saturated rings. The lowest BCUT2D eigenvalue weighted by Gasteiger charge is -2.32. The number of hydrogen-bond acceptors (Lipinski definition) is 5. The maximum absolute atomic E-state index is 12.4. The third-order valence-electron chi connectivity index (χ3n) is 6.32. The number of rotatable bonds is 8. The van der Waals surface area contributed by atoms with Gasteiger partial charge in [0.25, 0.3) is 5.91 Å². The lowest BCUT2D eigenvalue weighted by Crippen LogP contribution is -2.33.